The molecule has 1 saturated heterocycles. The molecular weight excluding hydrogens is 454 g/mol. The number of nitrogens with zero attached hydrogens (tertiary/aromatic N) is 3. The van der Waals surface area contributed by atoms with Crippen LogP contribution in [-0.2, 0) is 6.54 Å². The molecule has 0 unspecified atom stereocenters. The molecule has 3 fully saturated rings. The van der Waals surface area contributed by atoms with Gasteiger partial charge in [0.05, 0.1) is 11.1 Å². The van der Waals surface area contributed by atoms with Crippen molar-refractivity contribution in [2.75, 3.05) is 23.3 Å². The predicted octanol–water partition coefficient (Wildman–Crippen LogP) is 3.58. The Kier molecular flexibility index (Phi) is 6.44. The summed E-state index contributed by atoms with van der Waals surface area (Å²) in [5, 5.41) is 16.5. The predicted molar refractivity (Wildman–Crippen MR) is 130 cm³/mol. The number of aliphatic hydroxyl groups is 1. The molecule has 0 atom stereocenters. The van der Waals surface area contributed by atoms with Gasteiger partial charge in [-0.2, -0.15) is 4.98 Å². The van der Waals surface area contributed by atoms with E-state index in [2.05, 4.69) is 20.5 Å². The van der Waals surface area contributed by atoms with Crippen LogP contribution in [0.15, 0.2) is 24.4 Å². The number of aldehydes is 1. The molecule has 180 valence electrons. The molecule has 1 spiro atoms. The average molecular weight is 484 g/mol. The van der Waals surface area contributed by atoms with E-state index in [-0.39, 0.29) is 18.1 Å². The van der Waals surface area contributed by atoms with Crippen molar-refractivity contribution in [1.82, 2.24) is 15.3 Å². The van der Waals surface area contributed by atoms with E-state index in [0.717, 1.165) is 44.2 Å². The minimum absolute atomic E-state index is 0.0337. The first-order valence-corrected chi connectivity index (χ1v) is 12.4. The fourth-order valence-electron chi connectivity index (χ4n) is 4.96. The number of aliphatic hydroxyl groups excluding tert-OH is 1. The van der Waals surface area contributed by atoms with Gasteiger partial charge in [-0.05, 0) is 68.1 Å². The van der Waals surface area contributed by atoms with Gasteiger partial charge in [0, 0.05) is 37.4 Å². The van der Waals surface area contributed by atoms with Crippen molar-refractivity contribution in [1.29, 1.82) is 0 Å². The lowest BCUT2D eigenvalue weighted by Crippen LogP contribution is -2.39. The van der Waals surface area contributed by atoms with Crippen molar-refractivity contribution in [3.05, 3.63) is 46.1 Å². The Labute approximate surface area is 204 Å². The monoisotopic (exact) mass is 483 g/mol. The molecule has 1 aromatic heterocycles. The van der Waals surface area contributed by atoms with Crippen molar-refractivity contribution in [2.45, 2.75) is 63.6 Å². The molecule has 3 aliphatic rings. The average Bonchev–Trinajstić information content (AvgIpc) is 3.47. The van der Waals surface area contributed by atoms with E-state index in [4.69, 9.17) is 16.6 Å². The summed E-state index contributed by atoms with van der Waals surface area (Å²) < 4.78 is 0. The molecule has 2 heterocycles. The van der Waals surface area contributed by atoms with E-state index in [1.807, 2.05) is 6.07 Å². The van der Waals surface area contributed by atoms with E-state index in [1.165, 1.54) is 12.8 Å². The van der Waals surface area contributed by atoms with E-state index in [9.17, 15) is 14.7 Å². The van der Waals surface area contributed by atoms with Gasteiger partial charge in [-0.15, -0.1) is 0 Å². The summed E-state index contributed by atoms with van der Waals surface area (Å²) in [7, 11) is 0. The van der Waals surface area contributed by atoms with Gasteiger partial charge in [-0.3, -0.25) is 9.59 Å². The van der Waals surface area contributed by atoms with Crippen LogP contribution in [0.5, 0.6) is 0 Å². The molecule has 2 aliphatic carbocycles. The van der Waals surface area contributed by atoms with Gasteiger partial charge in [0.15, 0.2) is 6.29 Å². The van der Waals surface area contributed by atoms with Crippen molar-refractivity contribution < 1.29 is 14.7 Å². The number of aromatic nitrogens is 2. The van der Waals surface area contributed by atoms with Gasteiger partial charge in [0.1, 0.15) is 11.4 Å². The molecule has 3 N–H and O–H groups in total. The molecule has 5 rings (SSSR count). The molecule has 8 nitrogen and oxygen atoms in total. The highest BCUT2D eigenvalue weighted by atomic mass is 35.5. The first-order valence-electron chi connectivity index (χ1n) is 12.0. The van der Waals surface area contributed by atoms with Crippen molar-refractivity contribution >= 4 is 35.6 Å². The number of nitrogens with one attached hydrogen (secondary N) is 2. The molecule has 2 aromatic rings. The molecule has 1 amide bonds. The van der Waals surface area contributed by atoms with E-state index in [0.29, 0.717) is 52.7 Å². The van der Waals surface area contributed by atoms with E-state index < -0.39 is 0 Å². The number of carbonyl (C=O) groups is 2. The van der Waals surface area contributed by atoms with Crippen LogP contribution in [0.2, 0.25) is 5.02 Å². The Bertz CT molecular complexity index is 1080. The van der Waals surface area contributed by atoms with Crippen LogP contribution < -0.4 is 15.5 Å². The third-order valence-electron chi connectivity index (χ3n) is 7.38. The SMILES string of the molecule is O=Cc1ccc(CNc2nc(N3CCC4(CC4)C3)ncc2C(=O)NC2CCC(O)CC2)cc1Cl. The van der Waals surface area contributed by atoms with Gasteiger partial charge in [0.2, 0.25) is 5.95 Å². The molecule has 0 bridgehead atoms. The number of rotatable bonds is 7. The maximum Gasteiger partial charge on any atom is 0.256 e. The zero-order valence-electron chi connectivity index (χ0n) is 19.1. The van der Waals surface area contributed by atoms with Crippen LogP contribution in [0.3, 0.4) is 0 Å². The number of hydrogen-bond acceptors (Lipinski definition) is 7. The normalized spacial score (nSPS) is 23.1. The zero-order valence-corrected chi connectivity index (χ0v) is 19.9. The standard InChI is InChI=1S/C25H30ClN5O3/c26-21-11-16(1-2-17(21)14-32)12-27-22-20(23(34)29-18-3-5-19(33)6-4-18)13-28-24(30-22)31-10-9-25(15-31)7-8-25/h1-2,11,13-14,18-19,33H,3-10,12,15H2,(H,29,34)(H,27,28,30). The van der Waals surface area contributed by atoms with E-state index >= 15 is 0 Å². The third kappa shape index (κ3) is 5.03. The van der Waals surface area contributed by atoms with Gasteiger partial charge in [-0.25, -0.2) is 4.98 Å². The highest BCUT2D eigenvalue weighted by Crippen LogP contribution is 2.53. The maximum absolute atomic E-state index is 13.1. The van der Waals surface area contributed by atoms with Crippen LogP contribution >= 0.6 is 11.6 Å². The van der Waals surface area contributed by atoms with Crippen molar-refractivity contribution in [3.63, 3.8) is 0 Å². The lowest BCUT2D eigenvalue weighted by Gasteiger charge is -2.26. The van der Waals surface area contributed by atoms with Crippen LogP contribution in [0.1, 0.15) is 71.2 Å². The van der Waals surface area contributed by atoms with Crippen LogP contribution in [0.25, 0.3) is 0 Å². The lowest BCUT2D eigenvalue weighted by molar-refractivity contribution is 0.0867. The second-order valence-electron chi connectivity index (χ2n) is 9.91. The lowest BCUT2D eigenvalue weighted by atomic mass is 9.93. The Balaban J connectivity index is 1.35. The second kappa shape index (κ2) is 9.50. The number of benzene rings is 1. The van der Waals surface area contributed by atoms with Gasteiger partial charge in [0.25, 0.3) is 5.91 Å². The van der Waals surface area contributed by atoms with Crippen molar-refractivity contribution in [2.24, 2.45) is 5.41 Å². The highest BCUT2D eigenvalue weighted by molar-refractivity contribution is 6.33. The molecular formula is C25H30ClN5O3. The first-order chi connectivity index (χ1) is 16.4. The summed E-state index contributed by atoms with van der Waals surface area (Å²) in [6, 6.07) is 5.29. The second-order valence-corrected chi connectivity index (χ2v) is 10.3. The fraction of sp³-hybridized carbons (Fsp3) is 0.520. The first kappa shape index (κ1) is 23.1. The number of halogens is 1. The van der Waals surface area contributed by atoms with Gasteiger partial charge in [-0.1, -0.05) is 17.7 Å². The fourth-order valence-corrected chi connectivity index (χ4v) is 5.21. The number of carbonyl (C=O) groups excluding carboxylic acids is 2. The molecule has 1 aromatic carbocycles. The summed E-state index contributed by atoms with van der Waals surface area (Å²) in [5.41, 5.74) is 2.15. The van der Waals surface area contributed by atoms with Crippen molar-refractivity contribution in [3.8, 4) is 0 Å². The van der Waals surface area contributed by atoms with Crippen LogP contribution in [0.4, 0.5) is 11.8 Å². The smallest absolute Gasteiger partial charge is 0.256 e. The summed E-state index contributed by atoms with van der Waals surface area (Å²) in [6.45, 7) is 2.29. The molecule has 9 heteroatoms. The number of anilines is 2. The molecule has 1 aliphatic heterocycles. The summed E-state index contributed by atoms with van der Waals surface area (Å²) in [6.07, 6.45) is 8.66. The Hall–Kier alpha value is -2.71. The van der Waals surface area contributed by atoms with Gasteiger partial charge >= 0.3 is 0 Å². The summed E-state index contributed by atoms with van der Waals surface area (Å²) in [5.74, 6) is 0.897. The largest absolute Gasteiger partial charge is 0.393 e. The topological polar surface area (TPSA) is 107 Å². The third-order valence-corrected chi connectivity index (χ3v) is 7.71. The highest BCUT2D eigenvalue weighted by Gasteiger charge is 2.48. The van der Waals surface area contributed by atoms with Crippen LogP contribution in [-0.4, -0.2) is 52.5 Å². The number of hydrogen-bond donors (Lipinski definition) is 3. The Morgan fingerprint density at radius 3 is 2.71 bits per heavy atom. The minimum Gasteiger partial charge on any atom is -0.393 e. The summed E-state index contributed by atoms with van der Waals surface area (Å²) >= 11 is 6.18. The quantitative estimate of drug-likeness (QED) is 0.516. The van der Waals surface area contributed by atoms with E-state index in [1.54, 1.807) is 18.3 Å². The Morgan fingerprint density at radius 1 is 1.24 bits per heavy atom. The molecule has 2 saturated carbocycles. The van der Waals surface area contributed by atoms with Gasteiger partial charge < -0.3 is 20.6 Å². The molecule has 34 heavy (non-hydrogen) atoms. The Morgan fingerprint density at radius 2 is 2.03 bits per heavy atom. The molecule has 0 radical (unpaired) electrons. The number of amides is 1. The zero-order chi connectivity index (χ0) is 23.7. The minimum atomic E-state index is -0.277. The maximum atomic E-state index is 13.1. The van der Waals surface area contributed by atoms with Crippen LogP contribution in [0, 0.1) is 5.41 Å². The summed E-state index contributed by atoms with van der Waals surface area (Å²) in [4.78, 5) is 35.7.